The smallest absolute Gasteiger partial charge is 0.134 e. The van der Waals surface area contributed by atoms with Gasteiger partial charge in [0.25, 0.3) is 0 Å². The van der Waals surface area contributed by atoms with Crippen LogP contribution in [0.15, 0.2) is 6.07 Å². The van der Waals surface area contributed by atoms with Crippen LogP contribution in [0.4, 0.5) is 5.82 Å². The number of anilines is 1. The first-order valence-corrected chi connectivity index (χ1v) is 5.73. The van der Waals surface area contributed by atoms with Crippen LogP contribution < -0.4 is 4.90 Å². The summed E-state index contributed by atoms with van der Waals surface area (Å²) in [5.74, 6) is 2.42. The van der Waals surface area contributed by atoms with Crippen molar-refractivity contribution in [2.24, 2.45) is 5.92 Å². The van der Waals surface area contributed by atoms with E-state index in [-0.39, 0.29) is 0 Å². The van der Waals surface area contributed by atoms with Crippen LogP contribution in [0.25, 0.3) is 0 Å². The highest BCUT2D eigenvalue weighted by Crippen LogP contribution is 2.28. The molecule has 2 unspecified atom stereocenters. The second kappa shape index (κ2) is 3.97. The van der Waals surface area contributed by atoms with E-state index >= 15 is 0 Å². The molecule has 0 saturated carbocycles. The van der Waals surface area contributed by atoms with E-state index in [0.717, 1.165) is 24.1 Å². The van der Waals surface area contributed by atoms with Gasteiger partial charge in [-0.2, -0.15) is 0 Å². The van der Waals surface area contributed by atoms with Gasteiger partial charge in [-0.25, -0.2) is 9.97 Å². The second-order valence-corrected chi connectivity index (χ2v) is 4.68. The normalized spacial score (nSPS) is 26.0. The molecule has 0 aliphatic carbocycles. The highest BCUT2D eigenvalue weighted by atomic mass is 35.5. The number of rotatable bonds is 1. The van der Waals surface area contributed by atoms with Crippen molar-refractivity contribution in [3.8, 4) is 0 Å². The van der Waals surface area contributed by atoms with Crippen LogP contribution in [0, 0.1) is 12.8 Å². The summed E-state index contributed by atoms with van der Waals surface area (Å²) in [5, 5.41) is 0.532. The number of halogens is 1. The Labute approximate surface area is 95.5 Å². The third-order valence-corrected chi connectivity index (χ3v) is 3.42. The van der Waals surface area contributed by atoms with Gasteiger partial charge in [-0.15, -0.1) is 0 Å². The van der Waals surface area contributed by atoms with E-state index in [9.17, 15) is 0 Å². The molecule has 1 aliphatic rings. The maximum atomic E-state index is 5.93. The molecule has 1 fully saturated rings. The topological polar surface area (TPSA) is 29.0 Å². The zero-order chi connectivity index (χ0) is 11.0. The minimum Gasteiger partial charge on any atom is -0.353 e. The van der Waals surface area contributed by atoms with Gasteiger partial charge < -0.3 is 4.90 Å². The van der Waals surface area contributed by atoms with Gasteiger partial charge in [-0.05, 0) is 26.2 Å². The monoisotopic (exact) mass is 225 g/mol. The molecule has 1 aromatic heterocycles. The molecule has 2 heterocycles. The highest BCUT2D eigenvalue weighted by molar-refractivity contribution is 6.29. The van der Waals surface area contributed by atoms with Gasteiger partial charge in [0.05, 0.1) is 0 Å². The lowest BCUT2D eigenvalue weighted by atomic mass is 10.1. The van der Waals surface area contributed by atoms with Crippen molar-refractivity contribution < 1.29 is 0 Å². The Bertz CT molecular complexity index is 347. The number of aromatic nitrogens is 2. The molecule has 0 amide bonds. The Morgan fingerprint density at radius 2 is 2.13 bits per heavy atom. The highest BCUT2D eigenvalue weighted by Gasteiger charge is 2.28. The lowest BCUT2D eigenvalue weighted by Crippen LogP contribution is -2.30. The number of aryl methyl sites for hydroxylation is 1. The minimum atomic E-state index is 0.532. The van der Waals surface area contributed by atoms with Gasteiger partial charge in [0.1, 0.15) is 16.8 Å². The summed E-state index contributed by atoms with van der Waals surface area (Å²) in [6.45, 7) is 7.46. The Morgan fingerprint density at radius 1 is 1.40 bits per heavy atom. The Balaban J connectivity index is 2.30. The molecule has 1 saturated heterocycles. The van der Waals surface area contributed by atoms with Crippen molar-refractivity contribution in [2.75, 3.05) is 11.4 Å². The standard InChI is InChI=1S/C11H16ClN3/c1-7-4-5-15(8(7)2)11-6-10(12)13-9(3)14-11/h6-8H,4-5H2,1-3H3. The summed E-state index contributed by atoms with van der Waals surface area (Å²) in [6, 6.07) is 2.39. The number of hydrogen-bond donors (Lipinski definition) is 0. The van der Waals surface area contributed by atoms with Crippen LogP contribution in [0.3, 0.4) is 0 Å². The Morgan fingerprint density at radius 3 is 2.67 bits per heavy atom. The van der Waals surface area contributed by atoms with Gasteiger partial charge >= 0.3 is 0 Å². The van der Waals surface area contributed by atoms with Crippen LogP contribution in [0.1, 0.15) is 26.1 Å². The fraction of sp³-hybridized carbons (Fsp3) is 0.636. The molecule has 0 spiro atoms. The molecule has 15 heavy (non-hydrogen) atoms. The Hall–Kier alpha value is -0.830. The van der Waals surface area contributed by atoms with Gasteiger partial charge in [0.2, 0.25) is 0 Å². The first kappa shape index (κ1) is 10.7. The van der Waals surface area contributed by atoms with E-state index in [2.05, 4.69) is 28.7 Å². The number of hydrogen-bond acceptors (Lipinski definition) is 3. The van der Waals surface area contributed by atoms with Crippen molar-refractivity contribution >= 4 is 17.4 Å². The molecule has 0 N–H and O–H groups in total. The van der Waals surface area contributed by atoms with Gasteiger partial charge in [-0.3, -0.25) is 0 Å². The van der Waals surface area contributed by atoms with E-state index in [1.807, 2.05) is 13.0 Å². The van der Waals surface area contributed by atoms with Crippen molar-refractivity contribution in [3.05, 3.63) is 17.0 Å². The van der Waals surface area contributed by atoms with Crippen LogP contribution in [0.5, 0.6) is 0 Å². The SMILES string of the molecule is Cc1nc(Cl)cc(N2CCC(C)C2C)n1. The summed E-state index contributed by atoms with van der Waals surface area (Å²) in [7, 11) is 0. The lowest BCUT2D eigenvalue weighted by molar-refractivity contribution is 0.544. The van der Waals surface area contributed by atoms with Gasteiger partial charge in [0, 0.05) is 18.7 Å². The maximum absolute atomic E-state index is 5.93. The summed E-state index contributed by atoms with van der Waals surface area (Å²) in [5.41, 5.74) is 0. The van der Waals surface area contributed by atoms with E-state index in [4.69, 9.17) is 11.6 Å². The average molecular weight is 226 g/mol. The summed E-state index contributed by atoms with van der Waals surface area (Å²) in [4.78, 5) is 10.8. The van der Waals surface area contributed by atoms with Crippen LogP contribution >= 0.6 is 11.6 Å². The van der Waals surface area contributed by atoms with E-state index < -0.39 is 0 Å². The van der Waals surface area contributed by atoms with Crippen molar-refractivity contribution in [1.29, 1.82) is 0 Å². The fourth-order valence-electron chi connectivity index (χ4n) is 2.08. The first-order chi connectivity index (χ1) is 7.08. The van der Waals surface area contributed by atoms with Gasteiger partial charge in [0.15, 0.2) is 0 Å². The van der Waals surface area contributed by atoms with Crippen molar-refractivity contribution in [1.82, 2.24) is 9.97 Å². The molecule has 1 aliphatic heterocycles. The quantitative estimate of drug-likeness (QED) is 0.689. The molecule has 2 atom stereocenters. The molecule has 1 aromatic rings. The molecule has 2 rings (SSSR count). The first-order valence-electron chi connectivity index (χ1n) is 5.36. The predicted molar refractivity (Wildman–Crippen MR) is 62.4 cm³/mol. The average Bonchev–Trinajstić information content (AvgIpc) is 2.46. The largest absolute Gasteiger partial charge is 0.353 e. The third-order valence-electron chi connectivity index (χ3n) is 3.23. The minimum absolute atomic E-state index is 0.532. The lowest BCUT2D eigenvalue weighted by Gasteiger charge is -2.24. The van der Waals surface area contributed by atoms with Gasteiger partial charge in [-0.1, -0.05) is 18.5 Å². The molecule has 0 radical (unpaired) electrons. The molecule has 0 aromatic carbocycles. The Kier molecular flexibility index (Phi) is 2.83. The molecule has 0 bridgehead atoms. The van der Waals surface area contributed by atoms with Crippen LogP contribution in [-0.4, -0.2) is 22.6 Å². The second-order valence-electron chi connectivity index (χ2n) is 4.30. The molecule has 4 heteroatoms. The molecule has 82 valence electrons. The van der Waals surface area contributed by atoms with E-state index in [1.165, 1.54) is 6.42 Å². The van der Waals surface area contributed by atoms with Crippen LogP contribution in [-0.2, 0) is 0 Å². The zero-order valence-corrected chi connectivity index (χ0v) is 10.1. The zero-order valence-electron chi connectivity index (χ0n) is 9.37. The summed E-state index contributed by atoms with van der Waals surface area (Å²) < 4.78 is 0. The van der Waals surface area contributed by atoms with Crippen LogP contribution in [0.2, 0.25) is 5.15 Å². The van der Waals surface area contributed by atoms with Crippen molar-refractivity contribution in [2.45, 2.75) is 33.2 Å². The summed E-state index contributed by atoms with van der Waals surface area (Å²) in [6.07, 6.45) is 1.22. The maximum Gasteiger partial charge on any atom is 0.134 e. The van der Waals surface area contributed by atoms with E-state index in [1.54, 1.807) is 0 Å². The molecular formula is C11H16ClN3. The van der Waals surface area contributed by atoms with Crippen molar-refractivity contribution in [3.63, 3.8) is 0 Å². The third kappa shape index (κ3) is 2.07. The number of nitrogens with zero attached hydrogens (tertiary/aromatic N) is 3. The fourth-order valence-corrected chi connectivity index (χ4v) is 2.30. The summed E-state index contributed by atoms with van der Waals surface area (Å²) >= 11 is 5.93. The molecular weight excluding hydrogens is 210 g/mol. The molecule has 3 nitrogen and oxygen atoms in total. The predicted octanol–water partition coefficient (Wildman–Crippen LogP) is 2.67. The van der Waals surface area contributed by atoms with E-state index in [0.29, 0.717) is 11.2 Å².